The Bertz CT molecular complexity index is 745. The zero-order valence-electron chi connectivity index (χ0n) is 17.5. The largest absolute Gasteiger partial charge is 0.497 e. The first-order valence-electron chi connectivity index (χ1n) is 10.5. The summed E-state index contributed by atoms with van der Waals surface area (Å²) >= 11 is 0. The van der Waals surface area contributed by atoms with Crippen molar-refractivity contribution in [2.24, 2.45) is 0 Å². The second kappa shape index (κ2) is 11.1. The molecular weight excluding hydrogens is 403 g/mol. The van der Waals surface area contributed by atoms with Crippen LogP contribution in [0.2, 0.25) is 0 Å². The average Bonchev–Trinajstić information content (AvgIpc) is 2.74. The Morgan fingerprint density at radius 1 is 0.966 bits per heavy atom. The summed E-state index contributed by atoms with van der Waals surface area (Å²) in [5.74, 6) is 1.67. The lowest BCUT2D eigenvalue weighted by Gasteiger charge is -2.40. The minimum Gasteiger partial charge on any atom is -0.497 e. The number of anilines is 1. The maximum absolute atomic E-state index is 5.28. The van der Waals surface area contributed by atoms with Gasteiger partial charge in [-0.3, -0.25) is 4.90 Å². The fourth-order valence-electron chi connectivity index (χ4n) is 4.87. The molecule has 160 valence electrons. The lowest BCUT2D eigenvalue weighted by molar-refractivity contribution is 0.178. The van der Waals surface area contributed by atoms with Crippen molar-refractivity contribution in [3.63, 3.8) is 0 Å². The van der Waals surface area contributed by atoms with Gasteiger partial charge in [0.2, 0.25) is 0 Å². The summed E-state index contributed by atoms with van der Waals surface area (Å²) in [4.78, 5) is 5.19. The first kappa shape index (κ1) is 23.9. The SMILES string of the molecule is COc1ccc(N2CCN(C(C)CC3CCCc4ccccc43)CC2)cc1.Cl.Cl. The second-order valence-electron chi connectivity index (χ2n) is 8.09. The van der Waals surface area contributed by atoms with Gasteiger partial charge in [0.1, 0.15) is 5.75 Å². The summed E-state index contributed by atoms with van der Waals surface area (Å²) in [5.41, 5.74) is 4.52. The summed E-state index contributed by atoms with van der Waals surface area (Å²) in [5, 5.41) is 0. The Morgan fingerprint density at radius 2 is 1.66 bits per heavy atom. The van der Waals surface area contributed by atoms with Crippen molar-refractivity contribution < 1.29 is 4.74 Å². The minimum absolute atomic E-state index is 0. The summed E-state index contributed by atoms with van der Waals surface area (Å²) in [6, 6.07) is 18.2. The van der Waals surface area contributed by atoms with Gasteiger partial charge in [0, 0.05) is 37.9 Å². The Labute approximate surface area is 188 Å². The van der Waals surface area contributed by atoms with Gasteiger partial charge < -0.3 is 9.64 Å². The zero-order valence-corrected chi connectivity index (χ0v) is 19.2. The monoisotopic (exact) mass is 436 g/mol. The molecule has 0 spiro atoms. The minimum atomic E-state index is 0. The number of benzene rings is 2. The van der Waals surface area contributed by atoms with E-state index in [9.17, 15) is 0 Å². The van der Waals surface area contributed by atoms with E-state index in [1.807, 2.05) is 0 Å². The normalized spacial score (nSPS) is 20.1. The van der Waals surface area contributed by atoms with Crippen LogP contribution >= 0.6 is 24.8 Å². The Kier molecular flexibility index (Phi) is 9.13. The molecule has 0 bridgehead atoms. The predicted octanol–water partition coefficient (Wildman–Crippen LogP) is 5.56. The number of ether oxygens (including phenoxy) is 1. The molecule has 1 saturated heterocycles. The molecular formula is C24H34Cl2N2O. The number of hydrogen-bond acceptors (Lipinski definition) is 3. The molecule has 1 aliphatic heterocycles. The van der Waals surface area contributed by atoms with Gasteiger partial charge in [-0.15, -0.1) is 24.8 Å². The highest BCUT2D eigenvalue weighted by Crippen LogP contribution is 2.35. The second-order valence-corrected chi connectivity index (χ2v) is 8.09. The molecule has 5 heteroatoms. The summed E-state index contributed by atoms with van der Waals surface area (Å²) in [6.45, 7) is 6.96. The highest BCUT2D eigenvalue weighted by Gasteiger charge is 2.26. The number of piperazine rings is 1. The number of methoxy groups -OCH3 is 1. The standard InChI is InChI=1S/C24H32N2O.2ClH/c1-19(18-21-8-5-7-20-6-3-4-9-24(20)21)25-14-16-26(17-15-25)22-10-12-23(27-2)13-11-22;;/h3-4,6,9-13,19,21H,5,7-8,14-18H2,1-2H3;2*1H. The Hall–Kier alpha value is -1.42. The van der Waals surface area contributed by atoms with E-state index in [1.165, 1.54) is 31.4 Å². The summed E-state index contributed by atoms with van der Waals surface area (Å²) in [7, 11) is 1.72. The lowest BCUT2D eigenvalue weighted by Crippen LogP contribution is -2.50. The number of halogens is 2. The van der Waals surface area contributed by atoms with Gasteiger partial charge in [0.05, 0.1) is 7.11 Å². The maximum atomic E-state index is 5.28. The van der Waals surface area contributed by atoms with Crippen molar-refractivity contribution in [3.05, 3.63) is 59.7 Å². The molecule has 2 aromatic carbocycles. The highest BCUT2D eigenvalue weighted by atomic mass is 35.5. The van der Waals surface area contributed by atoms with Crippen LogP contribution in [0.1, 0.15) is 43.2 Å². The van der Waals surface area contributed by atoms with Gasteiger partial charge in [0.15, 0.2) is 0 Å². The van der Waals surface area contributed by atoms with Gasteiger partial charge in [-0.25, -0.2) is 0 Å². The Balaban J connectivity index is 0.00000150. The zero-order chi connectivity index (χ0) is 18.6. The third kappa shape index (κ3) is 5.59. The first-order valence-corrected chi connectivity index (χ1v) is 10.5. The van der Waals surface area contributed by atoms with Crippen molar-refractivity contribution in [1.82, 2.24) is 4.90 Å². The summed E-state index contributed by atoms with van der Waals surface area (Å²) < 4.78 is 5.28. The van der Waals surface area contributed by atoms with E-state index >= 15 is 0 Å². The molecule has 3 nitrogen and oxygen atoms in total. The molecule has 0 aromatic heterocycles. The third-order valence-electron chi connectivity index (χ3n) is 6.49. The molecule has 0 saturated carbocycles. The Morgan fingerprint density at radius 3 is 2.34 bits per heavy atom. The van der Waals surface area contributed by atoms with Crippen LogP contribution in [0.25, 0.3) is 0 Å². The van der Waals surface area contributed by atoms with Crippen molar-refractivity contribution in [3.8, 4) is 5.75 Å². The van der Waals surface area contributed by atoms with Gasteiger partial charge >= 0.3 is 0 Å². The smallest absolute Gasteiger partial charge is 0.119 e. The van der Waals surface area contributed by atoms with Crippen LogP contribution in [-0.2, 0) is 6.42 Å². The molecule has 2 unspecified atom stereocenters. The molecule has 4 rings (SSSR count). The van der Waals surface area contributed by atoms with E-state index in [2.05, 4.69) is 65.3 Å². The van der Waals surface area contributed by atoms with Crippen LogP contribution in [0.5, 0.6) is 5.75 Å². The van der Waals surface area contributed by atoms with E-state index in [1.54, 1.807) is 18.2 Å². The number of hydrogen-bond donors (Lipinski definition) is 0. The van der Waals surface area contributed by atoms with E-state index < -0.39 is 0 Å². The van der Waals surface area contributed by atoms with Gasteiger partial charge in [-0.05, 0) is 73.9 Å². The number of rotatable bonds is 5. The van der Waals surface area contributed by atoms with Crippen LogP contribution in [0, 0.1) is 0 Å². The fourth-order valence-corrected chi connectivity index (χ4v) is 4.87. The quantitative estimate of drug-likeness (QED) is 0.609. The molecule has 0 radical (unpaired) electrons. The van der Waals surface area contributed by atoms with E-state index in [0.29, 0.717) is 6.04 Å². The summed E-state index contributed by atoms with van der Waals surface area (Å²) in [6.07, 6.45) is 5.26. The third-order valence-corrected chi connectivity index (χ3v) is 6.49. The topological polar surface area (TPSA) is 15.7 Å². The molecule has 29 heavy (non-hydrogen) atoms. The van der Waals surface area contributed by atoms with Gasteiger partial charge in [-0.2, -0.15) is 0 Å². The van der Waals surface area contributed by atoms with E-state index in [0.717, 1.165) is 37.8 Å². The van der Waals surface area contributed by atoms with Gasteiger partial charge in [0.25, 0.3) is 0 Å². The molecule has 2 atom stereocenters. The van der Waals surface area contributed by atoms with Crippen molar-refractivity contribution in [2.45, 2.75) is 44.6 Å². The molecule has 0 amide bonds. The maximum Gasteiger partial charge on any atom is 0.119 e. The lowest BCUT2D eigenvalue weighted by atomic mass is 9.79. The number of nitrogens with zero attached hydrogens (tertiary/aromatic N) is 2. The van der Waals surface area contributed by atoms with E-state index in [-0.39, 0.29) is 24.8 Å². The molecule has 0 N–H and O–H groups in total. The van der Waals surface area contributed by atoms with Crippen LogP contribution in [0.15, 0.2) is 48.5 Å². The first-order chi connectivity index (χ1) is 13.2. The van der Waals surface area contributed by atoms with Crippen LogP contribution in [0.4, 0.5) is 5.69 Å². The van der Waals surface area contributed by atoms with Crippen molar-refractivity contribution in [1.29, 1.82) is 0 Å². The molecule has 1 heterocycles. The van der Waals surface area contributed by atoms with Crippen molar-refractivity contribution in [2.75, 3.05) is 38.2 Å². The van der Waals surface area contributed by atoms with Crippen LogP contribution in [0.3, 0.4) is 0 Å². The van der Waals surface area contributed by atoms with Crippen LogP contribution in [-0.4, -0.2) is 44.2 Å². The molecule has 1 fully saturated rings. The number of aryl methyl sites for hydroxylation is 1. The van der Waals surface area contributed by atoms with Gasteiger partial charge in [-0.1, -0.05) is 24.3 Å². The number of fused-ring (bicyclic) bond motifs is 1. The highest BCUT2D eigenvalue weighted by molar-refractivity contribution is 5.85. The van der Waals surface area contributed by atoms with E-state index in [4.69, 9.17) is 4.74 Å². The molecule has 2 aromatic rings. The fraction of sp³-hybridized carbons (Fsp3) is 0.500. The van der Waals surface area contributed by atoms with Crippen LogP contribution < -0.4 is 9.64 Å². The molecule has 2 aliphatic rings. The van der Waals surface area contributed by atoms with Crippen molar-refractivity contribution >= 4 is 30.5 Å². The average molecular weight is 437 g/mol. The predicted molar refractivity (Wildman–Crippen MR) is 127 cm³/mol. The molecule has 1 aliphatic carbocycles.